The number of thioether (sulfide) groups is 1. The summed E-state index contributed by atoms with van der Waals surface area (Å²) < 4.78 is 0. The molecule has 118 valence electrons. The van der Waals surface area contributed by atoms with Crippen LogP contribution in [0.3, 0.4) is 0 Å². The third-order valence-electron chi connectivity index (χ3n) is 3.63. The fourth-order valence-corrected chi connectivity index (χ4v) is 3.55. The van der Waals surface area contributed by atoms with Crippen LogP contribution in [0.25, 0.3) is 22.0 Å². The number of aromatic hydroxyl groups is 1. The van der Waals surface area contributed by atoms with Gasteiger partial charge in [-0.1, -0.05) is 30.3 Å². The molecule has 0 aliphatic heterocycles. The van der Waals surface area contributed by atoms with Crippen LogP contribution in [0, 0.1) is 0 Å². The minimum atomic E-state index is 0.270. The molecule has 0 atom stereocenters. The lowest BCUT2D eigenvalue weighted by molar-refractivity contribution is 0.437. The highest BCUT2D eigenvalue weighted by Crippen LogP contribution is 2.33. The predicted octanol–water partition coefficient (Wildman–Crippen LogP) is 4.26. The first-order valence-electron chi connectivity index (χ1n) is 7.60. The van der Waals surface area contributed by atoms with E-state index in [-0.39, 0.29) is 5.75 Å². The van der Waals surface area contributed by atoms with Gasteiger partial charge < -0.3 is 10.0 Å². The number of fused-ring (bicyclic) bond motifs is 1. The maximum atomic E-state index is 9.73. The Kier molecular flexibility index (Phi) is 4.84. The zero-order valence-corrected chi connectivity index (χ0v) is 14.2. The fourth-order valence-electron chi connectivity index (χ4n) is 2.41. The highest BCUT2D eigenvalue weighted by molar-refractivity contribution is 7.99. The highest BCUT2D eigenvalue weighted by Gasteiger charge is 2.10. The van der Waals surface area contributed by atoms with Gasteiger partial charge in [0.15, 0.2) is 0 Å². The van der Waals surface area contributed by atoms with Gasteiger partial charge >= 0.3 is 0 Å². The molecule has 0 aliphatic rings. The molecule has 3 nitrogen and oxygen atoms in total. The number of aromatic nitrogens is 1. The number of phenols is 1. The third-order valence-corrected chi connectivity index (χ3v) is 4.60. The molecule has 3 rings (SSSR count). The van der Waals surface area contributed by atoms with E-state index in [1.807, 2.05) is 24.3 Å². The van der Waals surface area contributed by atoms with Gasteiger partial charge in [-0.25, -0.2) is 4.98 Å². The van der Waals surface area contributed by atoms with Crippen molar-refractivity contribution in [2.45, 2.75) is 5.03 Å². The zero-order chi connectivity index (χ0) is 16.2. The largest absolute Gasteiger partial charge is 0.508 e. The van der Waals surface area contributed by atoms with E-state index in [0.717, 1.165) is 39.4 Å². The monoisotopic (exact) mass is 324 g/mol. The van der Waals surface area contributed by atoms with E-state index in [0.29, 0.717) is 0 Å². The minimum absolute atomic E-state index is 0.270. The van der Waals surface area contributed by atoms with Crippen LogP contribution in [0.2, 0.25) is 0 Å². The van der Waals surface area contributed by atoms with Crippen LogP contribution in [0.15, 0.2) is 59.6 Å². The second kappa shape index (κ2) is 7.02. The van der Waals surface area contributed by atoms with E-state index in [1.54, 1.807) is 23.9 Å². The summed E-state index contributed by atoms with van der Waals surface area (Å²) in [6.07, 6.45) is 0. The summed E-state index contributed by atoms with van der Waals surface area (Å²) in [5, 5.41) is 11.7. The van der Waals surface area contributed by atoms with Crippen molar-refractivity contribution >= 4 is 22.7 Å². The number of rotatable bonds is 5. The lowest BCUT2D eigenvalue weighted by atomic mass is 10.1. The molecule has 0 spiro atoms. The van der Waals surface area contributed by atoms with Gasteiger partial charge in [-0.05, 0) is 43.9 Å². The second-order valence-electron chi connectivity index (χ2n) is 5.74. The average molecular weight is 324 g/mol. The summed E-state index contributed by atoms with van der Waals surface area (Å²) in [6, 6.07) is 17.7. The summed E-state index contributed by atoms with van der Waals surface area (Å²) in [6.45, 7) is 1.01. The number of hydrogen-bond acceptors (Lipinski definition) is 4. The topological polar surface area (TPSA) is 36.4 Å². The third kappa shape index (κ3) is 3.84. The van der Waals surface area contributed by atoms with E-state index in [4.69, 9.17) is 4.98 Å². The Balaban J connectivity index is 2.05. The molecule has 2 aromatic carbocycles. The van der Waals surface area contributed by atoms with Crippen LogP contribution in [0.4, 0.5) is 0 Å². The van der Waals surface area contributed by atoms with Crippen molar-refractivity contribution in [2.75, 3.05) is 26.4 Å². The molecule has 1 N–H and O–H groups in total. The average Bonchev–Trinajstić information content (AvgIpc) is 2.55. The smallest absolute Gasteiger partial charge is 0.116 e. The molecule has 0 fully saturated rings. The maximum absolute atomic E-state index is 9.73. The van der Waals surface area contributed by atoms with E-state index in [9.17, 15) is 5.11 Å². The molecule has 3 aromatic rings. The molecule has 4 heteroatoms. The molecular weight excluding hydrogens is 304 g/mol. The van der Waals surface area contributed by atoms with Gasteiger partial charge in [0.2, 0.25) is 0 Å². The van der Waals surface area contributed by atoms with Gasteiger partial charge in [-0.15, -0.1) is 11.8 Å². The Morgan fingerprint density at radius 1 is 1.04 bits per heavy atom. The summed E-state index contributed by atoms with van der Waals surface area (Å²) in [5.41, 5.74) is 3.18. The van der Waals surface area contributed by atoms with E-state index < -0.39 is 0 Å². The Morgan fingerprint density at radius 3 is 2.57 bits per heavy atom. The zero-order valence-electron chi connectivity index (χ0n) is 13.4. The van der Waals surface area contributed by atoms with E-state index in [1.165, 1.54) is 0 Å². The standard InChI is InChI=1S/C19H20N2OS/c1-21(2)10-11-23-19-17(14-6-4-3-5-7-14)13-15-12-16(22)8-9-18(15)20-19/h3-9,12-13,22H,10-11H2,1-2H3. The quantitative estimate of drug-likeness (QED) is 0.711. The van der Waals surface area contributed by atoms with Gasteiger partial charge in [0.25, 0.3) is 0 Å². The maximum Gasteiger partial charge on any atom is 0.116 e. The van der Waals surface area contributed by atoms with Crippen molar-refractivity contribution in [3.63, 3.8) is 0 Å². The second-order valence-corrected chi connectivity index (χ2v) is 6.82. The van der Waals surface area contributed by atoms with Crippen molar-refractivity contribution in [2.24, 2.45) is 0 Å². The van der Waals surface area contributed by atoms with Crippen molar-refractivity contribution in [1.82, 2.24) is 9.88 Å². The first-order valence-corrected chi connectivity index (χ1v) is 8.59. The number of pyridine rings is 1. The minimum Gasteiger partial charge on any atom is -0.508 e. The Morgan fingerprint density at radius 2 is 1.83 bits per heavy atom. The predicted molar refractivity (Wildman–Crippen MR) is 98.1 cm³/mol. The lowest BCUT2D eigenvalue weighted by Crippen LogP contribution is -2.14. The highest BCUT2D eigenvalue weighted by atomic mass is 32.2. The normalized spacial score (nSPS) is 11.3. The van der Waals surface area contributed by atoms with Crippen LogP contribution in [-0.4, -0.2) is 41.4 Å². The van der Waals surface area contributed by atoms with Gasteiger partial charge in [0, 0.05) is 23.2 Å². The molecule has 1 heterocycles. The van der Waals surface area contributed by atoms with Crippen LogP contribution in [0.1, 0.15) is 0 Å². The molecule has 1 aromatic heterocycles. The van der Waals surface area contributed by atoms with Gasteiger partial charge in [0.1, 0.15) is 10.8 Å². The summed E-state index contributed by atoms with van der Waals surface area (Å²) >= 11 is 1.77. The van der Waals surface area contributed by atoms with E-state index >= 15 is 0 Å². The van der Waals surface area contributed by atoms with Crippen LogP contribution < -0.4 is 0 Å². The van der Waals surface area contributed by atoms with Gasteiger partial charge in [0.05, 0.1) is 5.52 Å². The SMILES string of the molecule is CN(C)CCSc1nc2ccc(O)cc2cc1-c1ccccc1. The van der Waals surface area contributed by atoms with Gasteiger partial charge in [-0.3, -0.25) is 0 Å². The molecule has 0 saturated carbocycles. The summed E-state index contributed by atoms with van der Waals surface area (Å²) in [4.78, 5) is 7.00. The molecular formula is C19H20N2OS. The van der Waals surface area contributed by atoms with Crippen LogP contribution in [0.5, 0.6) is 5.75 Å². The van der Waals surface area contributed by atoms with Crippen molar-refractivity contribution < 1.29 is 5.11 Å². The Hall–Kier alpha value is -2.04. The molecule has 0 amide bonds. The number of phenolic OH excluding ortho intramolecular Hbond substituents is 1. The summed E-state index contributed by atoms with van der Waals surface area (Å²) in [7, 11) is 4.16. The van der Waals surface area contributed by atoms with Crippen molar-refractivity contribution in [1.29, 1.82) is 0 Å². The molecule has 0 aliphatic carbocycles. The molecule has 0 saturated heterocycles. The lowest BCUT2D eigenvalue weighted by Gasteiger charge is -2.13. The molecule has 0 bridgehead atoms. The first-order chi connectivity index (χ1) is 11.1. The van der Waals surface area contributed by atoms with Gasteiger partial charge in [-0.2, -0.15) is 0 Å². The Bertz CT molecular complexity index is 803. The molecule has 23 heavy (non-hydrogen) atoms. The van der Waals surface area contributed by atoms with E-state index in [2.05, 4.69) is 37.2 Å². The van der Waals surface area contributed by atoms with Crippen LogP contribution in [-0.2, 0) is 0 Å². The summed E-state index contributed by atoms with van der Waals surface area (Å²) in [5.74, 6) is 1.26. The Labute approximate surface area is 141 Å². The number of hydrogen-bond donors (Lipinski definition) is 1. The molecule has 0 radical (unpaired) electrons. The van der Waals surface area contributed by atoms with Crippen LogP contribution >= 0.6 is 11.8 Å². The molecule has 0 unspecified atom stereocenters. The number of nitrogens with zero attached hydrogens (tertiary/aromatic N) is 2. The number of benzene rings is 2. The van der Waals surface area contributed by atoms with Crippen molar-refractivity contribution in [3.05, 3.63) is 54.6 Å². The fraction of sp³-hybridized carbons (Fsp3) is 0.211. The first kappa shape index (κ1) is 15.8. The van der Waals surface area contributed by atoms with Crippen molar-refractivity contribution in [3.8, 4) is 16.9 Å².